The van der Waals surface area contributed by atoms with Crippen LogP contribution in [0, 0.1) is 6.92 Å². The minimum Gasteiger partial charge on any atom is -0.468 e. The summed E-state index contributed by atoms with van der Waals surface area (Å²) in [4.78, 5) is 1.33. The zero-order valence-corrected chi connectivity index (χ0v) is 11.7. The summed E-state index contributed by atoms with van der Waals surface area (Å²) in [6.45, 7) is 6.24. The summed E-state index contributed by atoms with van der Waals surface area (Å²) in [5, 5.41) is 3.34. The molecule has 3 heteroatoms. The van der Waals surface area contributed by atoms with Gasteiger partial charge >= 0.3 is 0 Å². The first-order valence-corrected chi connectivity index (χ1v) is 7.23. The number of hydrogen-bond acceptors (Lipinski definition) is 3. The summed E-state index contributed by atoms with van der Waals surface area (Å²) in [6, 6.07) is 10.6. The highest BCUT2D eigenvalue weighted by atomic mass is 32.2. The van der Waals surface area contributed by atoms with Gasteiger partial charge in [0.05, 0.1) is 12.0 Å². The van der Waals surface area contributed by atoms with Crippen molar-refractivity contribution in [3.05, 3.63) is 53.5 Å². The van der Waals surface area contributed by atoms with E-state index in [1.807, 2.05) is 23.9 Å². The normalized spacial score (nSPS) is 10.8. The monoisotopic (exact) mass is 261 g/mol. The van der Waals surface area contributed by atoms with E-state index in [2.05, 4.69) is 37.4 Å². The Morgan fingerprint density at radius 1 is 1.28 bits per heavy atom. The number of furan rings is 1. The van der Waals surface area contributed by atoms with Gasteiger partial charge in [-0.3, -0.25) is 0 Å². The maximum atomic E-state index is 5.34. The van der Waals surface area contributed by atoms with Crippen molar-refractivity contribution in [2.75, 3.05) is 6.54 Å². The molecule has 0 fully saturated rings. The second-order valence-corrected chi connectivity index (χ2v) is 5.27. The third-order valence-electron chi connectivity index (χ3n) is 2.77. The van der Waals surface area contributed by atoms with E-state index in [1.165, 1.54) is 16.0 Å². The molecule has 18 heavy (non-hydrogen) atoms. The summed E-state index contributed by atoms with van der Waals surface area (Å²) in [5.74, 6) is 1.91. The molecule has 96 valence electrons. The average molecular weight is 261 g/mol. The van der Waals surface area contributed by atoms with Crippen LogP contribution in [-0.4, -0.2) is 6.54 Å². The summed E-state index contributed by atoms with van der Waals surface area (Å²) in [5.41, 5.74) is 2.68. The van der Waals surface area contributed by atoms with Gasteiger partial charge < -0.3 is 9.73 Å². The summed E-state index contributed by atoms with van der Waals surface area (Å²) >= 11 is 1.82. The highest BCUT2D eigenvalue weighted by Gasteiger charge is 2.03. The number of benzene rings is 1. The number of rotatable bonds is 6. The molecule has 0 atom stereocenters. The molecule has 0 spiro atoms. The van der Waals surface area contributed by atoms with Crippen LogP contribution in [0.4, 0.5) is 0 Å². The molecular weight excluding hydrogens is 242 g/mol. The van der Waals surface area contributed by atoms with E-state index in [9.17, 15) is 0 Å². The first-order chi connectivity index (χ1) is 8.79. The summed E-state index contributed by atoms with van der Waals surface area (Å²) < 4.78 is 5.34. The highest BCUT2D eigenvalue weighted by Crippen LogP contribution is 2.26. The van der Waals surface area contributed by atoms with Crippen molar-refractivity contribution in [1.29, 1.82) is 0 Å². The molecule has 1 aromatic carbocycles. The molecule has 0 aliphatic rings. The molecule has 0 aliphatic heterocycles. The van der Waals surface area contributed by atoms with E-state index in [0.29, 0.717) is 0 Å². The predicted molar refractivity (Wildman–Crippen MR) is 76.8 cm³/mol. The smallest absolute Gasteiger partial charge is 0.113 e. The Hall–Kier alpha value is -1.19. The fraction of sp³-hybridized carbons (Fsp3) is 0.333. The second-order valence-electron chi connectivity index (χ2n) is 4.25. The van der Waals surface area contributed by atoms with Crippen LogP contribution < -0.4 is 5.32 Å². The van der Waals surface area contributed by atoms with Gasteiger partial charge in [-0.2, -0.15) is 0 Å². The van der Waals surface area contributed by atoms with Crippen molar-refractivity contribution in [3.8, 4) is 0 Å². The van der Waals surface area contributed by atoms with E-state index < -0.39 is 0 Å². The third-order valence-corrected chi connectivity index (χ3v) is 3.97. The largest absolute Gasteiger partial charge is 0.468 e. The molecule has 2 aromatic rings. The Labute approximate surface area is 113 Å². The van der Waals surface area contributed by atoms with Crippen molar-refractivity contribution in [2.24, 2.45) is 0 Å². The van der Waals surface area contributed by atoms with Gasteiger partial charge in [0.15, 0.2) is 0 Å². The molecular formula is C15H19NOS. The SMILES string of the molecule is CCNCc1ccc(SCc2ccco2)c(C)c1. The first-order valence-electron chi connectivity index (χ1n) is 6.25. The molecule has 0 unspecified atom stereocenters. The standard InChI is InChI=1S/C15H19NOS/c1-3-16-10-13-6-7-15(12(2)9-13)18-11-14-5-4-8-17-14/h4-9,16H,3,10-11H2,1-2H3. The van der Waals surface area contributed by atoms with Crippen molar-refractivity contribution < 1.29 is 4.42 Å². The fourth-order valence-electron chi connectivity index (χ4n) is 1.80. The molecule has 0 bridgehead atoms. The summed E-state index contributed by atoms with van der Waals surface area (Å²) in [7, 11) is 0. The molecule has 2 nitrogen and oxygen atoms in total. The van der Waals surface area contributed by atoms with Crippen LogP contribution >= 0.6 is 11.8 Å². The number of aryl methyl sites for hydroxylation is 1. The third kappa shape index (κ3) is 3.65. The zero-order chi connectivity index (χ0) is 12.8. The molecule has 2 rings (SSSR count). The van der Waals surface area contributed by atoms with Gasteiger partial charge in [0.1, 0.15) is 5.76 Å². The van der Waals surface area contributed by atoms with Crippen LogP contribution in [0.1, 0.15) is 23.8 Å². The highest BCUT2D eigenvalue weighted by molar-refractivity contribution is 7.98. The molecule has 1 aromatic heterocycles. The van der Waals surface area contributed by atoms with Crippen LogP contribution in [0.2, 0.25) is 0 Å². The fourth-order valence-corrected chi connectivity index (χ4v) is 2.71. The van der Waals surface area contributed by atoms with Gasteiger partial charge in [-0.15, -0.1) is 11.8 Å². The van der Waals surface area contributed by atoms with Crippen molar-refractivity contribution in [2.45, 2.75) is 31.0 Å². The maximum Gasteiger partial charge on any atom is 0.113 e. The lowest BCUT2D eigenvalue weighted by Gasteiger charge is -2.08. The Balaban J connectivity index is 1.96. The van der Waals surface area contributed by atoms with E-state index in [1.54, 1.807) is 6.26 Å². The van der Waals surface area contributed by atoms with Crippen LogP contribution in [0.3, 0.4) is 0 Å². The van der Waals surface area contributed by atoms with Gasteiger partial charge in [-0.05, 0) is 42.8 Å². The molecule has 1 heterocycles. The first kappa shape index (κ1) is 13.2. The molecule has 0 aliphatic carbocycles. The summed E-state index contributed by atoms with van der Waals surface area (Å²) in [6.07, 6.45) is 1.72. The molecule has 0 amide bonds. The van der Waals surface area contributed by atoms with Gasteiger partial charge in [-0.1, -0.05) is 19.1 Å². The Morgan fingerprint density at radius 3 is 2.83 bits per heavy atom. The topological polar surface area (TPSA) is 25.2 Å². The predicted octanol–water partition coefficient (Wildman–Crippen LogP) is 3.99. The van der Waals surface area contributed by atoms with Crippen LogP contribution in [0.25, 0.3) is 0 Å². The van der Waals surface area contributed by atoms with Crippen LogP contribution in [0.5, 0.6) is 0 Å². The van der Waals surface area contributed by atoms with Crippen LogP contribution in [-0.2, 0) is 12.3 Å². The Bertz CT molecular complexity index is 479. The quantitative estimate of drug-likeness (QED) is 0.796. The lowest BCUT2D eigenvalue weighted by molar-refractivity contribution is 0.530. The number of hydrogen-bond donors (Lipinski definition) is 1. The van der Waals surface area contributed by atoms with Gasteiger partial charge in [0.2, 0.25) is 0 Å². The van der Waals surface area contributed by atoms with E-state index in [-0.39, 0.29) is 0 Å². The number of thioether (sulfide) groups is 1. The molecule has 0 radical (unpaired) electrons. The van der Waals surface area contributed by atoms with Crippen molar-refractivity contribution in [1.82, 2.24) is 5.32 Å². The molecule has 0 saturated heterocycles. The van der Waals surface area contributed by atoms with Gasteiger partial charge in [0, 0.05) is 11.4 Å². The maximum absolute atomic E-state index is 5.34. The zero-order valence-electron chi connectivity index (χ0n) is 10.9. The van der Waals surface area contributed by atoms with Crippen LogP contribution in [0.15, 0.2) is 45.9 Å². The van der Waals surface area contributed by atoms with Crippen molar-refractivity contribution in [3.63, 3.8) is 0 Å². The van der Waals surface area contributed by atoms with E-state index in [4.69, 9.17) is 4.42 Å². The lowest BCUT2D eigenvalue weighted by Crippen LogP contribution is -2.11. The van der Waals surface area contributed by atoms with E-state index >= 15 is 0 Å². The van der Waals surface area contributed by atoms with Gasteiger partial charge in [-0.25, -0.2) is 0 Å². The minimum absolute atomic E-state index is 0.889. The van der Waals surface area contributed by atoms with Gasteiger partial charge in [0.25, 0.3) is 0 Å². The average Bonchev–Trinajstić information content (AvgIpc) is 2.88. The van der Waals surface area contributed by atoms with Crippen molar-refractivity contribution >= 4 is 11.8 Å². The Kier molecular flexibility index (Phi) is 4.90. The molecule has 0 saturated carbocycles. The Morgan fingerprint density at radius 2 is 2.17 bits per heavy atom. The molecule has 1 N–H and O–H groups in total. The lowest BCUT2D eigenvalue weighted by atomic mass is 10.1. The second kappa shape index (κ2) is 6.66. The number of nitrogens with one attached hydrogen (secondary N) is 1. The minimum atomic E-state index is 0.889. The van der Waals surface area contributed by atoms with E-state index in [0.717, 1.165) is 24.6 Å².